The van der Waals surface area contributed by atoms with Crippen molar-refractivity contribution in [3.05, 3.63) is 52.0 Å². The van der Waals surface area contributed by atoms with Crippen LogP contribution in [0.15, 0.2) is 41.5 Å². The Hall–Kier alpha value is -2.44. The van der Waals surface area contributed by atoms with Gasteiger partial charge in [-0.1, -0.05) is 29.3 Å². The second kappa shape index (κ2) is 9.15. The van der Waals surface area contributed by atoms with Crippen LogP contribution in [0.25, 0.3) is 0 Å². The Labute approximate surface area is 155 Å². The maximum absolute atomic E-state index is 11.8. The van der Waals surface area contributed by atoms with Crippen LogP contribution in [0.4, 0.5) is 10.5 Å². The molecule has 0 saturated carbocycles. The molecule has 0 aliphatic rings. The molecule has 2 rings (SSSR count). The third kappa shape index (κ3) is 5.55. The number of nitrogens with zero attached hydrogens (tertiary/aromatic N) is 1. The number of hydrazone groups is 1. The van der Waals surface area contributed by atoms with Crippen molar-refractivity contribution in [3.8, 4) is 11.5 Å². The van der Waals surface area contributed by atoms with Crippen LogP contribution in [-0.4, -0.2) is 26.0 Å². The summed E-state index contributed by atoms with van der Waals surface area (Å²) in [6.45, 7) is 2.32. The van der Waals surface area contributed by atoms with Gasteiger partial charge in [0.25, 0.3) is 0 Å². The maximum atomic E-state index is 11.8. The first-order valence-electron chi connectivity index (χ1n) is 7.39. The normalized spacial score (nSPS) is 10.6. The highest BCUT2D eigenvalue weighted by molar-refractivity contribution is 6.32. The molecule has 6 nitrogen and oxygen atoms in total. The second-order valence-electron chi connectivity index (χ2n) is 4.80. The van der Waals surface area contributed by atoms with E-state index in [1.54, 1.807) is 36.4 Å². The van der Waals surface area contributed by atoms with Gasteiger partial charge in [-0.05, 0) is 42.8 Å². The molecule has 0 aliphatic heterocycles. The van der Waals surface area contributed by atoms with E-state index in [0.29, 0.717) is 39.4 Å². The van der Waals surface area contributed by atoms with E-state index in [-0.39, 0.29) is 0 Å². The molecule has 0 radical (unpaired) electrons. The fraction of sp³-hybridized carbons (Fsp3) is 0.176. The number of anilines is 1. The smallest absolute Gasteiger partial charge is 0.339 e. The van der Waals surface area contributed by atoms with E-state index in [1.807, 2.05) is 6.92 Å². The Morgan fingerprint density at radius 1 is 1.28 bits per heavy atom. The monoisotopic (exact) mass is 381 g/mol. The molecule has 0 atom stereocenters. The first-order valence-corrected chi connectivity index (χ1v) is 8.15. The number of hydrogen-bond donors (Lipinski definition) is 2. The summed E-state index contributed by atoms with van der Waals surface area (Å²) in [5.74, 6) is 0.953. The molecule has 2 amide bonds. The van der Waals surface area contributed by atoms with E-state index in [9.17, 15) is 4.79 Å². The van der Waals surface area contributed by atoms with Crippen LogP contribution in [0.1, 0.15) is 12.5 Å². The summed E-state index contributed by atoms with van der Waals surface area (Å²) < 4.78 is 10.7. The van der Waals surface area contributed by atoms with Gasteiger partial charge in [0.1, 0.15) is 0 Å². The summed E-state index contributed by atoms with van der Waals surface area (Å²) in [5.41, 5.74) is 3.57. The molecule has 0 bridgehead atoms. The minimum absolute atomic E-state index is 0.387. The van der Waals surface area contributed by atoms with Crippen LogP contribution in [0, 0.1) is 0 Å². The fourth-order valence-corrected chi connectivity index (χ4v) is 2.50. The van der Waals surface area contributed by atoms with Gasteiger partial charge in [-0.15, -0.1) is 0 Å². The average Bonchev–Trinajstić information content (AvgIpc) is 2.55. The number of hydrogen-bond acceptors (Lipinski definition) is 4. The van der Waals surface area contributed by atoms with Gasteiger partial charge in [-0.25, -0.2) is 10.2 Å². The lowest BCUT2D eigenvalue weighted by Crippen LogP contribution is -2.24. The van der Waals surface area contributed by atoms with Crippen molar-refractivity contribution in [3.63, 3.8) is 0 Å². The van der Waals surface area contributed by atoms with Crippen molar-refractivity contribution in [2.24, 2.45) is 5.10 Å². The van der Waals surface area contributed by atoms with Gasteiger partial charge >= 0.3 is 6.03 Å². The molecule has 0 heterocycles. The van der Waals surface area contributed by atoms with E-state index >= 15 is 0 Å². The molecule has 0 spiro atoms. The Kier molecular flexibility index (Phi) is 6.91. The van der Waals surface area contributed by atoms with E-state index in [1.165, 1.54) is 13.3 Å². The number of benzene rings is 2. The van der Waals surface area contributed by atoms with Crippen LogP contribution in [0.2, 0.25) is 10.0 Å². The molecule has 2 aromatic rings. The van der Waals surface area contributed by atoms with Crippen LogP contribution >= 0.6 is 23.2 Å². The number of carbonyl (C=O) groups is 1. The van der Waals surface area contributed by atoms with Gasteiger partial charge in [0.05, 0.1) is 25.0 Å². The zero-order chi connectivity index (χ0) is 18.2. The number of carbonyl (C=O) groups excluding carboxylic acids is 1. The molecule has 0 aliphatic carbocycles. The topological polar surface area (TPSA) is 72.0 Å². The third-order valence-electron chi connectivity index (χ3n) is 3.00. The number of ether oxygens (including phenoxy) is 2. The predicted octanol–water partition coefficient (Wildman–Crippen LogP) is 4.56. The van der Waals surface area contributed by atoms with Gasteiger partial charge in [-0.3, -0.25) is 0 Å². The Morgan fingerprint density at radius 2 is 2.08 bits per heavy atom. The third-order valence-corrected chi connectivity index (χ3v) is 3.51. The number of urea groups is 1. The second-order valence-corrected chi connectivity index (χ2v) is 5.65. The molecule has 2 N–H and O–H groups in total. The molecular formula is C17H17Cl2N3O3. The Bertz CT molecular complexity index is 782. The molecule has 0 aromatic heterocycles. The number of halogens is 2. The highest BCUT2D eigenvalue weighted by atomic mass is 35.5. The summed E-state index contributed by atoms with van der Waals surface area (Å²) in [7, 11) is 1.51. The van der Waals surface area contributed by atoms with Gasteiger partial charge in [0, 0.05) is 10.7 Å². The van der Waals surface area contributed by atoms with Crippen molar-refractivity contribution in [2.45, 2.75) is 6.92 Å². The highest BCUT2D eigenvalue weighted by Gasteiger charge is 2.10. The molecular weight excluding hydrogens is 365 g/mol. The standard InChI is InChI=1S/C17H17Cl2N3O3/c1-3-25-15-8-11(7-14(19)16(15)24-2)10-20-22-17(23)21-13-6-4-5-12(18)9-13/h4-10H,3H2,1-2H3,(H2,21,22,23)/b20-10-. The van der Waals surface area contributed by atoms with Crippen LogP contribution in [-0.2, 0) is 0 Å². The van der Waals surface area contributed by atoms with Gasteiger partial charge in [0.2, 0.25) is 0 Å². The summed E-state index contributed by atoms with van der Waals surface area (Å²) in [6, 6.07) is 9.66. The maximum Gasteiger partial charge on any atom is 0.339 e. The SMILES string of the molecule is CCOc1cc(/C=N\NC(=O)Nc2cccc(Cl)c2)cc(Cl)c1OC. The highest BCUT2D eigenvalue weighted by Crippen LogP contribution is 2.35. The van der Waals surface area contributed by atoms with Gasteiger partial charge in [-0.2, -0.15) is 5.10 Å². The minimum Gasteiger partial charge on any atom is -0.491 e. The molecule has 132 valence electrons. The van der Waals surface area contributed by atoms with E-state index in [2.05, 4.69) is 15.8 Å². The van der Waals surface area contributed by atoms with E-state index in [0.717, 1.165) is 0 Å². The van der Waals surface area contributed by atoms with Crippen molar-refractivity contribution in [2.75, 3.05) is 19.0 Å². The minimum atomic E-state index is -0.497. The molecule has 25 heavy (non-hydrogen) atoms. The van der Waals surface area contributed by atoms with E-state index in [4.69, 9.17) is 32.7 Å². The Balaban J connectivity index is 2.02. The summed E-state index contributed by atoms with van der Waals surface area (Å²) in [4.78, 5) is 11.8. The summed E-state index contributed by atoms with van der Waals surface area (Å²) >= 11 is 12.0. The lowest BCUT2D eigenvalue weighted by atomic mass is 10.2. The quantitative estimate of drug-likeness (QED) is 0.569. The number of methoxy groups -OCH3 is 1. The molecule has 8 heteroatoms. The first kappa shape index (κ1) is 18.9. The van der Waals surface area contributed by atoms with Gasteiger partial charge < -0.3 is 14.8 Å². The molecule has 0 fully saturated rings. The van der Waals surface area contributed by atoms with Crippen LogP contribution in [0.3, 0.4) is 0 Å². The van der Waals surface area contributed by atoms with Gasteiger partial charge in [0.15, 0.2) is 11.5 Å². The molecule has 2 aromatic carbocycles. The lowest BCUT2D eigenvalue weighted by molar-refractivity contribution is 0.252. The van der Waals surface area contributed by atoms with Crippen molar-refractivity contribution in [1.82, 2.24) is 5.43 Å². The summed E-state index contributed by atoms with van der Waals surface area (Å²) in [6.07, 6.45) is 1.45. The predicted molar refractivity (Wildman–Crippen MR) is 100 cm³/mol. The molecule has 0 saturated heterocycles. The number of rotatable bonds is 6. The number of amides is 2. The zero-order valence-electron chi connectivity index (χ0n) is 13.7. The molecule has 0 unspecified atom stereocenters. The van der Waals surface area contributed by atoms with Crippen LogP contribution < -0.4 is 20.2 Å². The van der Waals surface area contributed by atoms with Crippen molar-refractivity contribution in [1.29, 1.82) is 0 Å². The lowest BCUT2D eigenvalue weighted by Gasteiger charge is -2.11. The van der Waals surface area contributed by atoms with Crippen LogP contribution in [0.5, 0.6) is 11.5 Å². The van der Waals surface area contributed by atoms with E-state index < -0.39 is 6.03 Å². The first-order chi connectivity index (χ1) is 12.0. The summed E-state index contributed by atoms with van der Waals surface area (Å²) in [5, 5.41) is 7.41. The Morgan fingerprint density at radius 3 is 2.76 bits per heavy atom. The average molecular weight is 382 g/mol. The number of nitrogens with one attached hydrogen (secondary N) is 2. The largest absolute Gasteiger partial charge is 0.491 e. The zero-order valence-corrected chi connectivity index (χ0v) is 15.2. The fourth-order valence-electron chi connectivity index (χ4n) is 2.01. The van der Waals surface area contributed by atoms with Crippen molar-refractivity contribution >= 4 is 41.1 Å². The van der Waals surface area contributed by atoms with Crippen molar-refractivity contribution < 1.29 is 14.3 Å².